The molecule has 0 aromatic carbocycles. The number of carboxylic acids is 1. The Kier molecular flexibility index (Phi) is 29.6. The predicted octanol–water partition coefficient (Wildman–Crippen LogP) is 30.8. The molecule has 15 rings (SSSR count). The van der Waals surface area contributed by atoms with Gasteiger partial charge in [0.2, 0.25) is 0 Å². The van der Waals surface area contributed by atoms with Gasteiger partial charge in [-0.05, 0) is 383 Å². The number of halogens is 1. The molecule has 0 heterocycles. The number of alkyl halides is 1. The lowest BCUT2D eigenvalue weighted by Gasteiger charge is -2.73. The fourth-order valence-corrected chi connectivity index (χ4v) is 40.3. The van der Waals surface area contributed by atoms with Gasteiger partial charge in [0, 0.05) is 21.6 Å². The van der Waals surface area contributed by atoms with Gasteiger partial charge in [0.25, 0.3) is 0 Å². The average Bonchev–Trinajstić information content (AvgIpc) is 1.09. The fourth-order valence-electron chi connectivity index (χ4n) is 39.4. The standard InChI is InChI=1S/C41H66O4.C40H63BrO4.C38H62O4/c1-12-24-44-33(42)25-36(5,6)26-34(43)45-32-18-19-38(9)30(37(32,7)8)17-20-40(11)31(38)15-14-29-35-28(27(3)4)16-21-41(35,13-2)23-22-39(29,40)10;1-11-22-44-32(42)23-35(4,5)24-33(43)45-31-16-17-37(8)29(36(31,6)7)15-18-39(10)30(37)13-12-28-34-27(26(2)3)14-19-40(34,25-41)21-20-38(28,39)9;1-11-38-19-14-25(24(2)3)32(38)26-12-13-28-35(8)17-16-29(42-31(41)23-33(4,5)22-30(39)40)34(6,7)27(35)15-18-37(28,10)36(26,9)20-21-38/h12,28-32,35H,1,3,13-26H2,2,4-11H3;11,27-31,34H,1-2,12-25H2,3-10H3;25-29,32H,2,11-23H2,1,3-10H3,(H,39,40)/t28-,29+,30?,31?,32-,35?,38-,39+,40+,41+;27-,28+,29?,30?,31-,34?,37-,38+,39+,40+;25-,26+,27?,28?,29-,32?,35-,36+,37+,38+/m000/s1. The second-order valence-electron chi connectivity index (χ2n) is 55.4. The number of carbonyl (C=O) groups is 6. The van der Waals surface area contributed by atoms with Crippen molar-refractivity contribution in [1.29, 1.82) is 0 Å². The second-order valence-corrected chi connectivity index (χ2v) is 56.0. The van der Waals surface area contributed by atoms with E-state index in [2.05, 4.69) is 187 Å². The Labute approximate surface area is 812 Å². The van der Waals surface area contributed by atoms with Crippen LogP contribution in [0.4, 0.5) is 0 Å². The van der Waals surface area contributed by atoms with Crippen molar-refractivity contribution in [1.82, 2.24) is 0 Å². The third-order valence-electron chi connectivity index (χ3n) is 46.5. The molecule has 132 heavy (non-hydrogen) atoms. The van der Waals surface area contributed by atoms with E-state index >= 15 is 0 Å². The number of rotatable bonds is 25. The maximum Gasteiger partial charge on any atom is 0.306 e. The lowest BCUT2D eigenvalue weighted by Crippen LogP contribution is -2.67. The van der Waals surface area contributed by atoms with Gasteiger partial charge >= 0.3 is 35.8 Å². The van der Waals surface area contributed by atoms with E-state index in [1.807, 2.05) is 41.5 Å². The summed E-state index contributed by atoms with van der Waals surface area (Å²) in [5, 5.41) is 10.4. The molecule has 0 aromatic heterocycles. The van der Waals surface area contributed by atoms with Crippen LogP contribution >= 0.6 is 15.9 Å². The summed E-state index contributed by atoms with van der Waals surface area (Å²) >= 11 is 4.04. The van der Waals surface area contributed by atoms with Gasteiger partial charge in [0.15, 0.2) is 0 Å². The Bertz CT molecular complexity index is 4140. The number of allylic oxidation sites excluding steroid dienone is 3. The molecule has 1 N–H and O–H groups in total. The third-order valence-corrected chi connectivity index (χ3v) is 47.6. The first-order valence-corrected chi connectivity index (χ1v) is 55.2. The van der Waals surface area contributed by atoms with Gasteiger partial charge in [0.05, 0.1) is 38.5 Å². The van der Waals surface area contributed by atoms with E-state index < -0.39 is 22.2 Å². The van der Waals surface area contributed by atoms with Gasteiger partial charge < -0.3 is 28.8 Å². The third kappa shape index (κ3) is 17.6. The zero-order valence-electron chi connectivity index (χ0n) is 88.9. The van der Waals surface area contributed by atoms with E-state index in [9.17, 15) is 33.9 Å². The number of carboxylic acid groups (broad SMARTS) is 1. The van der Waals surface area contributed by atoms with E-state index in [4.69, 9.17) is 23.7 Å². The first kappa shape index (κ1) is 105. The van der Waals surface area contributed by atoms with Crippen LogP contribution in [0.5, 0.6) is 0 Å². The van der Waals surface area contributed by atoms with E-state index in [-0.39, 0.29) is 132 Å². The van der Waals surface area contributed by atoms with Crippen molar-refractivity contribution in [3.63, 3.8) is 0 Å². The minimum absolute atomic E-state index is 0.0236. The van der Waals surface area contributed by atoms with E-state index in [1.165, 1.54) is 184 Å². The molecule has 0 spiro atoms. The van der Waals surface area contributed by atoms with E-state index in [0.717, 1.165) is 79.4 Å². The van der Waals surface area contributed by atoms with Crippen LogP contribution in [0.25, 0.3) is 0 Å². The summed E-state index contributed by atoms with van der Waals surface area (Å²) in [7, 11) is 0. The molecule has 15 fully saturated rings. The molecule has 15 aliphatic rings. The molecule has 15 saturated carbocycles. The Balaban J connectivity index is 0.000000168. The van der Waals surface area contributed by atoms with E-state index in [1.54, 1.807) is 12.2 Å². The summed E-state index contributed by atoms with van der Waals surface area (Å²) in [6, 6.07) is 0. The molecular weight excluding hydrogens is 1700 g/mol. The summed E-state index contributed by atoms with van der Waals surface area (Å²) in [4.78, 5) is 75.6. The molecule has 0 bridgehead atoms. The van der Waals surface area contributed by atoms with Crippen molar-refractivity contribution in [2.75, 3.05) is 18.5 Å². The molecule has 0 aliphatic heterocycles. The molecule has 0 radical (unpaired) electrons. The summed E-state index contributed by atoms with van der Waals surface area (Å²) < 4.78 is 29.3. The minimum Gasteiger partial charge on any atom is -0.481 e. The monoisotopic (exact) mass is 1890 g/mol. The summed E-state index contributed by atoms with van der Waals surface area (Å²) in [6.07, 6.45) is 44.7. The van der Waals surface area contributed by atoms with Crippen LogP contribution < -0.4 is 0 Å². The van der Waals surface area contributed by atoms with Crippen molar-refractivity contribution in [2.24, 2.45) is 186 Å². The van der Waals surface area contributed by atoms with Crippen molar-refractivity contribution in [2.45, 2.75) is 442 Å². The Morgan fingerprint density at radius 3 is 0.864 bits per heavy atom. The highest BCUT2D eigenvalue weighted by atomic mass is 79.9. The van der Waals surface area contributed by atoms with Crippen molar-refractivity contribution in [3.8, 4) is 0 Å². The van der Waals surface area contributed by atoms with Crippen molar-refractivity contribution in [3.05, 3.63) is 61.8 Å². The number of carbonyl (C=O) groups excluding carboxylic acids is 5. The molecule has 13 heteroatoms. The van der Waals surface area contributed by atoms with Crippen LogP contribution in [0.1, 0.15) is 424 Å². The Morgan fingerprint density at radius 2 is 0.598 bits per heavy atom. The van der Waals surface area contributed by atoms with Crippen LogP contribution in [-0.2, 0) is 52.5 Å². The second kappa shape index (κ2) is 37.1. The van der Waals surface area contributed by atoms with Crippen LogP contribution in [0.15, 0.2) is 61.8 Å². The van der Waals surface area contributed by atoms with Gasteiger partial charge in [-0.2, -0.15) is 0 Å². The SMILES string of the molecule is C=C(C)[C@@H]1CC[C@]2(CC)CC[C@]3(C)[C@H](CCC4[C@@]5(C)CC[C@H](OC(=O)CC(C)(C)CC(=O)O)C(C)(C)C5CC[C@]43C)C12.C=CCOC(=O)CC(C)(C)CC(=O)O[C@H]1CC[C@@]2(C)C(CC[C@]3(C)C2CC[C@@H]2C4[C@H](C(=C)C)CC[C@]4(CBr)CC[C@]23C)C1(C)C.C=CCOC(=O)CC(C)(C)CC(=O)O[C@H]1CC[C@@]2(C)C(CC[C@]3(C)C2CC[C@@H]2C4[C@H](C(=C)C)CC[C@]4(CC)CC[C@]23C)C1(C)C. The van der Waals surface area contributed by atoms with Crippen molar-refractivity contribution >= 4 is 51.7 Å². The summed E-state index contributed by atoms with van der Waals surface area (Å²) in [6.45, 7) is 83.0. The van der Waals surface area contributed by atoms with Crippen LogP contribution in [0.2, 0.25) is 0 Å². The molecule has 15 aliphatic carbocycles. The number of fused-ring (bicyclic) bond motifs is 21. The molecule has 746 valence electrons. The van der Waals surface area contributed by atoms with Gasteiger partial charge in [-0.1, -0.05) is 250 Å². The van der Waals surface area contributed by atoms with Crippen LogP contribution in [0, 0.1) is 186 Å². The smallest absolute Gasteiger partial charge is 0.306 e. The first-order chi connectivity index (χ1) is 61.2. The minimum atomic E-state index is -0.864. The lowest BCUT2D eigenvalue weighted by atomic mass is 9.32. The molecule has 0 saturated heterocycles. The average molecular weight is 1890 g/mol. The topological polar surface area (TPSA) is 169 Å². The molecule has 0 amide bonds. The lowest BCUT2D eigenvalue weighted by molar-refractivity contribution is -0.250. The van der Waals surface area contributed by atoms with Crippen molar-refractivity contribution < 1.29 is 57.6 Å². The summed E-state index contributed by atoms with van der Waals surface area (Å²) in [5.74, 6) is 8.46. The Morgan fingerprint density at radius 1 is 0.333 bits per heavy atom. The van der Waals surface area contributed by atoms with Gasteiger partial charge in [-0.15, -0.1) is 0 Å². The maximum atomic E-state index is 13.3. The molecule has 9 unspecified atom stereocenters. The number of hydrogen-bond donors (Lipinski definition) is 1. The molecule has 0 aromatic rings. The summed E-state index contributed by atoms with van der Waals surface area (Å²) in [5.41, 5.74) is 6.73. The highest BCUT2D eigenvalue weighted by Crippen LogP contribution is 2.83. The number of aliphatic carboxylic acids is 1. The number of hydrogen-bond acceptors (Lipinski definition) is 11. The zero-order chi connectivity index (χ0) is 97.5. The maximum absolute atomic E-state index is 13.3. The van der Waals surface area contributed by atoms with E-state index in [0.29, 0.717) is 102 Å². The predicted molar refractivity (Wildman–Crippen MR) is 540 cm³/mol. The number of ether oxygens (including phenoxy) is 5. The molecule has 30 atom stereocenters. The zero-order valence-corrected chi connectivity index (χ0v) is 90.5. The highest BCUT2D eigenvalue weighted by molar-refractivity contribution is 9.09. The van der Waals surface area contributed by atoms with Gasteiger partial charge in [0.1, 0.15) is 31.5 Å². The molecular formula is C119H191BrO12. The van der Waals surface area contributed by atoms with Crippen LogP contribution in [0.3, 0.4) is 0 Å². The molecule has 12 nitrogen and oxygen atoms in total. The first-order valence-electron chi connectivity index (χ1n) is 54.0. The quantitative estimate of drug-likeness (QED) is 0.0398. The van der Waals surface area contributed by atoms with Crippen LogP contribution in [-0.4, -0.2) is 77.8 Å². The highest BCUT2D eigenvalue weighted by Gasteiger charge is 2.76. The normalized spacial score (nSPS) is 44.4. The number of esters is 5. The fraction of sp³-hybridized carbons (Fsp3) is 0.866. The largest absolute Gasteiger partial charge is 0.481 e. The van der Waals surface area contributed by atoms with Gasteiger partial charge in [-0.3, -0.25) is 28.8 Å². The van der Waals surface area contributed by atoms with Gasteiger partial charge in [-0.25, -0.2) is 0 Å². The Hall–Kier alpha value is -4.00.